The topological polar surface area (TPSA) is 30.5 Å². The number of anilines is 1. The van der Waals surface area contributed by atoms with Crippen LogP contribution >= 0.6 is 0 Å². The molecule has 0 radical (unpaired) electrons. The highest BCUT2D eigenvalue weighted by Gasteiger charge is 2.16. The SMILES string of the molecule is Fc1ccc(CN2CCCNCC2)cc1N1CCNCC1. The highest BCUT2D eigenvalue weighted by Crippen LogP contribution is 2.22. The van der Waals surface area contributed by atoms with E-state index in [2.05, 4.69) is 20.4 Å². The lowest BCUT2D eigenvalue weighted by molar-refractivity contribution is 0.284. The van der Waals surface area contributed by atoms with Crippen LogP contribution in [-0.2, 0) is 6.54 Å². The maximum atomic E-state index is 14.1. The molecule has 0 aliphatic carbocycles. The van der Waals surface area contributed by atoms with Gasteiger partial charge in [0.05, 0.1) is 5.69 Å². The van der Waals surface area contributed by atoms with Gasteiger partial charge in [0.25, 0.3) is 0 Å². The van der Waals surface area contributed by atoms with Crippen molar-refractivity contribution in [2.45, 2.75) is 13.0 Å². The minimum absolute atomic E-state index is 0.0989. The molecular weight excluding hydrogens is 267 g/mol. The predicted molar refractivity (Wildman–Crippen MR) is 84.2 cm³/mol. The number of halogens is 1. The summed E-state index contributed by atoms with van der Waals surface area (Å²) >= 11 is 0. The number of rotatable bonds is 3. The summed E-state index contributed by atoms with van der Waals surface area (Å²) in [5.41, 5.74) is 1.98. The van der Waals surface area contributed by atoms with Crippen LogP contribution in [0.2, 0.25) is 0 Å². The molecule has 2 aliphatic heterocycles. The molecule has 1 aromatic carbocycles. The highest BCUT2D eigenvalue weighted by atomic mass is 19.1. The normalized spacial score (nSPS) is 21.3. The summed E-state index contributed by atoms with van der Waals surface area (Å²) in [6, 6.07) is 5.60. The quantitative estimate of drug-likeness (QED) is 0.871. The van der Waals surface area contributed by atoms with E-state index >= 15 is 0 Å². The molecule has 0 saturated carbocycles. The van der Waals surface area contributed by atoms with E-state index in [1.165, 1.54) is 12.0 Å². The molecule has 2 N–H and O–H groups in total. The van der Waals surface area contributed by atoms with E-state index in [1.807, 2.05) is 12.1 Å². The molecule has 0 atom stereocenters. The lowest BCUT2D eigenvalue weighted by Gasteiger charge is -2.30. The number of nitrogens with zero attached hydrogens (tertiary/aromatic N) is 2. The van der Waals surface area contributed by atoms with Gasteiger partial charge in [-0.15, -0.1) is 0 Å². The number of hydrogen-bond acceptors (Lipinski definition) is 4. The van der Waals surface area contributed by atoms with Crippen molar-refractivity contribution in [1.82, 2.24) is 15.5 Å². The Balaban J connectivity index is 1.70. The second-order valence-electron chi connectivity index (χ2n) is 5.90. The van der Waals surface area contributed by atoms with Crippen LogP contribution in [0.15, 0.2) is 18.2 Å². The van der Waals surface area contributed by atoms with Gasteiger partial charge in [-0.1, -0.05) is 6.07 Å². The van der Waals surface area contributed by atoms with Crippen molar-refractivity contribution in [2.75, 3.05) is 57.3 Å². The third-order valence-corrected chi connectivity index (χ3v) is 4.31. The molecule has 0 amide bonds. The largest absolute Gasteiger partial charge is 0.367 e. The summed E-state index contributed by atoms with van der Waals surface area (Å²) in [4.78, 5) is 4.61. The molecule has 5 heteroatoms. The minimum Gasteiger partial charge on any atom is -0.367 e. The fourth-order valence-electron chi connectivity index (χ4n) is 3.12. The number of benzene rings is 1. The van der Waals surface area contributed by atoms with E-state index in [1.54, 1.807) is 6.07 Å². The van der Waals surface area contributed by atoms with Gasteiger partial charge in [0, 0.05) is 45.8 Å². The van der Waals surface area contributed by atoms with Crippen LogP contribution in [-0.4, -0.2) is 57.3 Å². The van der Waals surface area contributed by atoms with E-state index in [4.69, 9.17) is 0 Å². The maximum Gasteiger partial charge on any atom is 0.146 e. The fraction of sp³-hybridized carbons (Fsp3) is 0.625. The van der Waals surface area contributed by atoms with Gasteiger partial charge in [0.2, 0.25) is 0 Å². The number of nitrogens with one attached hydrogen (secondary N) is 2. The number of piperazine rings is 1. The Bertz CT molecular complexity index is 452. The Hall–Kier alpha value is -1.17. The van der Waals surface area contributed by atoms with Crippen LogP contribution < -0.4 is 15.5 Å². The smallest absolute Gasteiger partial charge is 0.146 e. The zero-order valence-electron chi connectivity index (χ0n) is 12.6. The Morgan fingerprint density at radius 1 is 0.952 bits per heavy atom. The maximum absolute atomic E-state index is 14.1. The second kappa shape index (κ2) is 7.20. The van der Waals surface area contributed by atoms with Crippen LogP contribution in [0.25, 0.3) is 0 Å². The summed E-state index contributed by atoms with van der Waals surface area (Å²) in [5, 5.41) is 6.73. The summed E-state index contributed by atoms with van der Waals surface area (Å²) in [5.74, 6) is -0.0989. The average Bonchev–Trinajstić information content (AvgIpc) is 2.79. The first-order chi connectivity index (χ1) is 10.3. The minimum atomic E-state index is -0.0989. The lowest BCUT2D eigenvalue weighted by atomic mass is 10.1. The van der Waals surface area contributed by atoms with Gasteiger partial charge in [-0.3, -0.25) is 4.90 Å². The first-order valence-electron chi connectivity index (χ1n) is 8.00. The van der Waals surface area contributed by atoms with Crippen LogP contribution in [0.3, 0.4) is 0 Å². The molecule has 3 rings (SSSR count). The molecular formula is C16H25FN4. The Labute approximate surface area is 126 Å². The van der Waals surface area contributed by atoms with E-state index in [0.29, 0.717) is 0 Å². The van der Waals surface area contributed by atoms with Gasteiger partial charge in [0.1, 0.15) is 5.82 Å². The molecule has 21 heavy (non-hydrogen) atoms. The van der Waals surface area contributed by atoms with Gasteiger partial charge in [-0.2, -0.15) is 0 Å². The molecule has 0 unspecified atom stereocenters. The second-order valence-corrected chi connectivity index (χ2v) is 5.90. The predicted octanol–water partition coefficient (Wildman–Crippen LogP) is 1.03. The van der Waals surface area contributed by atoms with Crippen molar-refractivity contribution in [3.63, 3.8) is 0 Å². The average molecular weight is 292 g/mol. The van der Waals surface area contributed by atoms with E-state index in [0.717, 1.165) is 64.6 Å². The third-order valence-electron chi connectivity index (χ3n) is 4.31. The fourth-order valence-corrected chi connectivity index (χ4v) is 3.12. The molecule has 0 spiro atoms. The van der Waals surface area contributed by atoms with Crippen molar-refractivity contribution in [1.29, 1.82) is 0 Å². The summed E-state index contributed by atoms with van der Waals surface area (Å²) in [7, 11) is 0. The lowest BCUT2D eigenvalue weighted by Crippen LogP contribution is -2.44. The molecule has 2 heterocycles. The first-order valence-corrected chi connectivity index (χ1v) is 8.00. The van der Waals surface area contributed by atoms with Gasteiger partial charge < -0.3 is 15.5 Å². The van der Waals surface area contributed by atoms with Gasteiger partial charge >= 0.3 is 0 Å². The molecule has 2 fully saturated rings. The van der Waals surface area contributed by atoms with Gasteiger partial charge in [-0.05, 0) is 37.2 Å². The van der Waals surface area contributed by atoms with Crippen molar-refractivity contribution in [2.24, 2.45) is 0 Å². The summed E-state index contributed by atoms with van der Waals surface area (Å²) in [6.07, 6.45) is 1.19. The monoisotopic (exact) mass is 292 g/mol. The van der Waals surface area contributed by atoms with Crippen LogP contribution in [0.1, 0.15) is 12.0 Å². The Morgan fingerprint density at radius 3 is 2.57 bits per heavy atom. The van der Waals surface area contributed by atoms with Crippen molar-refractivity contribution in [3.05, 3.63) is 29.6 Å². The number of hydrogen-bond donors (Lipinski definition) is 2. The van der Waals surface area contributed by atoms with Crippen LogP contribution in [0.4, 0.5) is 10.1 Å². The summed E-state index contributed by atoms with van der Waals surface area (Å²) in [6.45, 7) is 8.89. The van der Waals surface area contributed by atoms with E-state index in [-0.39, 0.29) is 5.82 Å². The van der Waals surface area contributed by atoms with Crippen molar-refractivity contribution in [3.8, 4) is 0 Å². The molecule has 2 aliphatic rings. The molecule has 116 valence electrons. The van der Waals surface area contributed by atoms with E-state index in [9.17, 15) is 4.39 Å². The Morgan fingerprint density at radius 2 is 1.71 bits per heavy atom. The van der Waals surface area contributed by atoms with Gasteiger partial charge in [-0.25, -0.2) is 4.39 Å². The Kier molecular flexibility index (Phi) is 5.06. The van der Waals surface area contributed by atoms with Crippen LogP contribution in [0.5, 0.6) is 0 Å². The van der Waals surface area contributed by atoms with Crippen molar-refractivity contribution < 1.29 is 4.39 Å². The van der Waals surface area contributed by atoms with Crippen LogP contribution in [0, 0.1) is 5.82 Å². The van der Waals surface area contributed by atoms with E-state index < -0.39 is 0 Å². The zero-order valence-corrected chi connectivity index (χ0v) is 12.6. The van der Waals surface area contributed by atoms with Crippen molar-refractivity contribution >= 4 is 5.69 Å². The standard InChI is InChI=1S/C16H25FN4/c17-15-3-2-14(13-20-8-1-4-18-5-9-20)12-16(15)21-10-6-19-7-11-21/h2-3,12,18-19H,1,4-11,13H2. The van der Waals surface area contributed by atoms with Gasteiger partial charge in [0.15, 0.2) is 0 Å². The molecule has 0 bridgehead atoms. The zero-order chi connectivity index (χ0) is 14.5. The third kappa shape index (κ3) is 3.93. The molecule has 0 aromatic heterocycles. The highest BCUT2D eigenvalue weighted by molar-refractivity contribution is 5.50. The summed E-state index contributed by atoms with van der Waals surface area (Å²) < 4.78 is 14.1. The molecule has 4 nitrogen and oxygen atoms in total. The molecule has 1 aromatic rings. The first kappa shape index (κ1) is 14.8. The molecule has 2 saturated heterocycles.